The molecular weight excluding hydrogens is 271 g/mol. The van der Waals surface area contributed by atoms with Gasteiger partial charge < -0.3 is 10.1 Å². The van der Waals surface area contributed by atoms with Crippen LogP contribution in [0.1, 0.15) is 52.9 Å². The molecule has 0 unspecified atom stereocenters. The Labute approximate surface area is 117 Å². The summed E-state index contributed by atoms with van der Waals surface area (Å²) in [5.74, 6) is 0. The molecule has 0 radical (unpaired) electrons. The Balaban J connectivity index is 1.60. The molecule has 0 heterocycles. The molecule has 0 aromatic carbocycles. The lowest BCUT2D eigenvalue weighted by molar-refractivity contribution is -0.364. The first kappa shape index (κ1) is 15.4. The van der Waals surface area contributed by atoms with Crippen molar-refractivity contribution in [3.63, 3.8) is 0 Å². The minimum Gasteiger partial charge on any atom is -0.444 e. The number of carbonyl (C=O) groups is 1. The van der Waals surface area contributed by atoms with Gasteiger partial charge in [-0.15, -0.1) is 0 Å². The molecule has 1 amide bonds. The Morgan fingerprint density at radius 2 is 1.75 bits per heavy atom. The molecule has 3 saturated carbocycles. The smallest absolute Gasteiger partial charge is 0.407 e. The molecule has 3 aliphatic carbocycles. The number of alkyl halides is 3. The van der Waals surface area contributed by atoms with Gasteiger partial charge in [0.1, 0.15) is 5.60 Å². The van der Waals surface area contributed by atoms with Crippen molar-refractivity contribution in [2.24, 2.45) is 10.8 Å². The second kappa shape index (κ2) is 4.53. The number of amides is 1. The lowest BCUT2D eigenvalue weighted by atomic mass is 9.34. The zero-order valence-electron chi connectivity index (χ0n) is 12.2. The quantitative estimate of drug-likeness (QED) is 0.795. The van der Waals surface area contributed by atoms with Crippen molar-refractivity contribution in [2.45, 2.75) is 64.7 Å². The van der Waals surface area contributed by atoms with E-state index in [-0.39, 0.29) is 24.7 Å². The van der Waals surface area contributed by atoms with Crippen LogP contribution in [0, 0.1) is 10.8 Å². The van der Waals surface area contributed by atoms with E-state index in [9.17, 15) is 18.0 Å². The summed E-state index contributed by atoms with van der Waals surface area (Å²) in [6.07, 6.45) is -2.24. The van der Waals surface area contributed by atoms with E-state index in [2.05, 4.69) is 5.32 Å². The van der Waals surface area contributed by atoms with Crippen LogP contribution >= 0.6 is 0 Å². The number of hydrogen-bond acceptors (Lipinski definition) is 2. The summed E-state index contributed by atoms with van der Waals surface area (Å²) in [7, 11) is 0. The fourth-order valence-corrected chi connectivity index (χ4v) is 3.53. The third-order valence-electron chi connectivity index (χ3n) is 4.29. The Bertz CT molecular complexity index is 378. The van der Waals surface area contributed by atoms with Crippen molar-refractivity contribution < 1.29 is 22.7 Å². The van der Waals surface area contributed by atoms with Gasteiger partial charge in [-0.25, -0.2) is 4.79 Å². The molecule has 3 aliphatic rings. The highest BCUT2D eigenvalue weighted by Crippen LogP contribution is 2.79. The van der Waals surface area contributed by atoms with Gasteiger partial charge in [0.2, 0.25) is 0 Å². The lowest BCUT2D eigenvalue weighted by Gasteiger charge is -2.71. The highest BCUT2D eigenvalue weighted by atomic mass is 19.4. The molecule has 1 N–H and O–H groups in total. The predicted octanol–water partition coefficient (Wildman–Crippen LogP) is 4.02. The van der Waals surface area contributed by atoms with Crippen molar-refractivity contribution in [3.8, 4) is 0 Å². The zero-order valence-corrected chi connectivity index (χ0v) is 12.2. The predicted molar refractivity (Wildman–Crippen MR) is 68.2 cm³/mol. The van der Waals surface area contributed by atoms with Gasteiger partial charge in [-0.2, -0.15) is 13.2 Å². The summed E-state index contributed by atoms with van der Waals surface area (Å²) >= 11 is 0. The normalized spacial score (nSPS) is 32.1. The zero-order chi connectivity index (χ0) is 15.2. The summed E-state index contributed by atoms with van der Waals surface area (Å²) in [4.78, 5) is 11.4. The molecule has 3 fully saturated rings. The highest BCUT2D eigenvalue weighted by molar-refractivity contribution is 5.67. The number of carbonyl (C=O) groups excluding carboxylic acids is 1. The number of hydrogen-bond donors (Lipinski definition) is 1. The summed E-state index contributed by atoms with van der Waals surface area (Å²) in [5.41, 5.74) is -2.01. The van der Waals surface area contributed by atoms with Gasteiger partial charge in [0.25, 0.3) is 0 Å². The van der Waals surface area contributed by atoms with Gasteiger partial charge in [0.15, 0.2) is 0 Å². The third kappa shape index (κ3) is 2.88. The van der Waals surface area contributed by atoms with Gasteiger partial charge in [-0.1, -0.05) is 0 Å². The summed E-state index contributed by atoms with van der Waals surface area (Å²) < 4.78 is 43.1. The molecule has 3 rings (SSSR count). The Hall–Kier alpha value is -0.940. The van der Waals surface area contributed by atoms with E-state index < -0.39 is 23.3 Å². The summed E-state index contributed by atoms with van der Waals surface area (Å²) in [6, 6.07) is 0. The maximum atomic E-state index is 12.7. The van der Waals surface area contributed by atoms with Gasteiger partial charge in [0, 0.05) is 6.54 Å². The Kier molecular flexibility index (Phi) is 3.50. The first-order chi connectivity index (χ1) is 8.97. The molecule has 0 aromatic heterocycles. The molecule has 3 nitrogen and oxygen atoms in total. The first-order valence-corrected chi connectivity index (χ1v) is 7.01. The second-order valence-corrected chi connectivity index (χ2v) is 7.34. The molecule has 0 saturated heterocycles. The maximum absolute atomic E-state index is 12.7. The minimum atomic E-state index is -4.04. The number of nitrogens with one attached hydrogen (secondary N) is 1. The van der Waals surface area contributed by atoms with Gasteiger partial charge in [0.05, 0.1) is 5.41 Å². The van der Waals surface area contributed by atoms with Crippen LogP contribution < -0.4 is 5.32 Å². The number of halogens is 3. The maximum Gasteiger partial charge on any atom is 0.407 e. The van der Waals surface area contributed by atoms with Crippen LogP contribution in [0.15, 0.2) is 0 Å². The summed E-state index contributed by atoms with van der Waals surface area (Å²) in [6.45, 7) is 5.80. The Morgan fingerprint density at radius 1 is 1.20 bits per heavy atom. The van der Waals surface area contributed by atoms with Crippen LogP contribution in [-0.4, -0.2) is 24.4 Å². The van der Waals surface area contributed by atoms with E-state index in [1.165, 1.54) is 0 Å². The molecular formula is C14H22F3NO2. The Morgan fingerprint density at radius 3 is 2.20 bits per heavy atom. The van der Waals surface area contributed by atoms with E-state index in [0.29, 0.717) is 13.0 Å². The van der Waals surface area contributed by atoms with Crippen molar-refractivity contribution >= 4 is 6.09 Å². The topological polar surface area (TPSA) is 38.3 Å². The van der Waals surface area contributed by atoms with Crippen molar-refractivity contribution in [1.29, 1.82) is 0 Å². The van der Waals surface area contributed by atoms with Crippen LogP contribution in [-0.2, 0) is 4.74 Å². The fraction of sp³-hybridized carbons (Fsp3) is 0.929. The van der Waals surface area contributed by atoms with Crippen molar-refractivity contribution in [3.05, 3.63) is 0 Å². The molecule has 0 atom stereocenters. The number of rotatable bonds is 4. The van der Waals surface area contributed by atoms with Crippen molar-refractivity contribution in [1.82, 2.24) is 5.32 Å². The van der Waals surface area contributed by atoms with Crippen molar-refractivity contribution in [2.75, 3.05) is 6.54 Å². The minimum absolute atomic E-state index is 0.106. The second-order valence-electron chi connectivity index (χ2n) is 7.34. The molecule has 116 valence electrons. The molecule has 0 aliphatic heterocycles. The fourth-order valence-electron chi connectivity index (χ4n) is 3.53. The molecule has 6 heteroatoms. The summed E-state index contributed by atoms with van der Waals surface area (Å²) in [5, 5.41) is 2.63. The first-order valence-electron chi connectivity index (χ1n) is 7.01. The highest BCUT2D eigenvalue weighted by Gasteiger charge is 2.77. The SMILES string of the molecule is CC(C)(C)OC(=O)NCCCC12CC(C(F)(F)F)(C1)C2. The standard InChI is InChI=1S/C14H22F3NO2/c1-11(2,3)20-10(19)18-6-4-5-12-7-13(8-12,9-12)14(15,16)17/h4-9H2,1-3H3,(H,18,19). The lowest BCUT2D eigenvalue weighted by Crippen LogP contribution is -2.68. The van der Waals surface area contributed by atoms with Crippen LogP contribution in [0.2, 0.25) is 0 Å². The van der Waals surface area contributed by atoms with Crippen LogP contribution in [0.4, 0.5) is 18.0 Å². The van der Waals surface area contributed by atoms with Gasteiger partial charge in [-0.3, -0.25) is 0 Å². The van der Waals surface area contributed by atoms with Gasteiger partial charge >= 0.3 is 12.3 Å². The van der Waals surface area contributed by atoms with E-state index in [1.54, 1.807) is 20.8 Å². The van der Waals surface area contributed by atoms with E-state index >= 15 is 0 Å². The van der Waals surface area contributed by atoms with Crippen LogP contribution in [0.5, 0.6) is 0 Å². The molecule has 20 heavy (non-hydrogen) atoms. The average Bonchev–Trinajstić information content (AvgIpc) is 2.06. The molecule has 0 spiro atoms. The number of ether oxygens (including phenoxy) is 1. The number of alkyl carbamates (subject to hydrolysis) is 1. The van der Waals surface area contributed by atoms with Gasteiger partial charge in [-0.05, 0) is 58.3 Å². The largest absolute Gasteiger partial charge is 0.444 e. The van der Waals surface area contributed by atoms with E-state index in [4.69, 9.17) is 4.74 Å². The average molecular weight is 293 g/mol. The van der Waals surface area contributed by atoms with Crippen LogP contribution in [0.25, 0.3) is 0 Å². The van der Waals surface area contributed by atoms with E-state index in [0.717, 1.165) is 6.42 Å². The molecule has 2 bridgehead atoms. The third-order valence-corrected chi connectivity index (χ3v) is 4.29. The molecule has 0 aromatic rings. The van der Waals surface area contributed by atoms with Crippen LogP contribution in [0.3, 0.4) is 0 Å². The van der Waals surface area contributed by atoms with E-state index in [1.807, 2.05) is 0 Å². The monoisotopic (exact) mass is 293 g/mol.